The SMILES string of the molecule is CC1(C)C(=O)N(c2ccc(C#N)c(F)c2)C(=O)N1CCCOc1ccc(-c2ccncc2)cc1. The Morgan fingerprint density at radius 1 is 1.03 bits per heavy atom. The van der Waals surface area contributed by atoms with E-state index in [1.54, 1.807) is 32.3 Å². The number of urea groups is 1. The van der Waals surface area contributed by atoms with Gasteiger partial charge < -0.3 is 9.64 Å². The van der Waals surface area contributed by atoms with Crippen LogP contribution < -0.4 is 9.64 Å². The lowest BCUT2D eigenvalue weighted by Gasteiger charge is -2.27. The van der Waals surface area contributed by atoms with Gasteiger partial charge in [-0.2, -0.15) is 5.26 Å². The van der Waals surface area contributed by atoms with Gasteiger partial charge in [0.25, 0.3) is 5.91 Å². The molecule has 3 amide bonds. The number of halogens is 1. The van der Waals surface area contributed by atoms with Crippen LogP contribution in [0, 0.1) is 17.1 Å². The Morgan fingerprint density at radius 3 is 2.35 bits per heavy atom. The topological polar surface area (TPSA) is 86.5 Å². The molecular formula is C26H23FN4O3. The van der Waals surface area contributed by atoms with Gasteiger partial charge in [-0.1, -0.05) is 12.1 Å². The minimum atomic E-state index is -1.09. The Balaban J connectivity index is 1.37. The number of ether oxygens (including phenoxy) is 1. The average Bonchev–Trinajstić information content (AvgIpc) is 3.01. The van der Waals surface area contributed by atoms with E-state index in [4.69, 9.17) is 10.00 Å². The molecule has 3 aromatic rings. The Labute approximate surface area is 197 Å². The number of pyridine rings is 1. The highest BCUT2D eigenvalue weighted by Gasteiger charge is 2.51. The molecule has 0 radical (unpaired) electrons. The molecule has 2 heterocycles. The number of imide groups is 1. The molecule has 1 aliphatic rings. The fraction of sp³-hybridized carbons (Fsp3) is 0.231. The van der Waals surface area contributed by atoms with E-state index in [2.05, 4.69) is 4.98 Å². The van der Waals surface area contributed by atoms with E-state index >= 15 is 0 Å². The molecule has 2 aromatic carbocycles. The number of hydrogen-bond acceptors (Lipinski definition) is 5. The van der Waals surface area contributed by atoms with Crippen molar-refractivity contribution in [2.24, 2.45) is 0 Å². The molecule has 0 saturated carbocycles. The quantitative estimate of drug-likeness (QED) is 0.376. The van der Waals surface area contributed by atoms with Crippen molar-refractivity contribution in [2.75, 3.05) is 18.1 Å². The number of amides is 3. The van der Waals surface area contributed by atoms with E-state index < -0.39 is 23.3 Å². The Bertz CT molecular complexity index is 1250. The van der Waals surface area contributed by atoms with Gasteiger partial charge in [0.15, 0.2) is 0 Å². The summed E-state index contributed by atoms with van der Waals surface area (Å²) in [5, 5.41) is 8.91. The first kappa shape index (κ1) is 22.9. The number of anilines is 1. The normalized spacial score (nSPS) is 14.9. The van der Waals surface area contributed by atoms with Gasteiger partial charge in [-0.25, -0.2) is 14.1 Å². The molecule has 7 nitrogen and oxygen atoms in total. The smallest absolute Gasteiger partial charge is 0.332 e. The second-order valence-electron chi connectivity index (χ2n) is 8.37. The summed E-state index contributed by atoms with van der Waals surface area (Å²) in [5.74, 6) is -0.523. The van der Waals surface area contributed by atoms with Gasteiger partial charge in [0.05, 0.1) is 17.9 Å². The van der Waals surface area contributed by atoms with E-state index in [9.17, 15) is 14.0 Å². The fourth-order valence-corrected chi connectivity index (χ4v) is 3.87. The van der Waals surface area contributed by atoms with Crippen LogP contribution in [0.2, 0.25) is 0 Å². The Kier molecular flexibility index (Phi) is 6.28. The van der Waals surface area contributed by atoms with Crippen molar-refractivity contribution in [3.8, 4) is 22.9 Å². The molecule has 0 unspecified atom stereocenters. The number of carbonyl (C=O) groups excluding carboxylic acids is 2. The molecule has 0 aliphatic carbocycles. The van der Waals surface area contributed by atoms with Crippen molar-refractivity contribution in [1.29, 1.82) is 5.26 Å². The highest BCUT2D eigenvalue weighted by Crippen LogP contribution is 2.33. The van der Waals surface area contributed by atoms with Crippen LogP contribution in [0.25, 0.3) is 11.1 Å². The third kappa shape index (κ3) is 4.33. The predicted molar refractivity (Wildman–Crippen MR) is 125 cm³/mol. The standard InChI is InChI=1S/C26H23FN4O3/c1-26(2)24(32)31(21-7-4-20(17-28)23(27)16-21)25(33)30(26)14-3-15-34-22-8-5-18(6-9-22)19-10-12-29-13-11-19/h4-13,16H,3,14-15H2,1-2H3. The molecule has 8 heteroatoms. The molecule has 0 bridgehead atoms. The first-order valence-corrected chi connectivity index (χ1v) is 10.8. The molecule has 1 aliphatic heterocycles. The summed E-state index contributed by atoms with van der Waals surface area (Å²) in [5.41, 5.74) is 0.982. The van der Waals surface area contributed by atoms with Crippen LogP contribution in [0.5, 0.6) is 5.75 Å². The zero-order chi connectivity index (χ0) is 24.3. The van der Waals surface area contributed by atoms with E-state index in [-0.39, 0.29) is 11.3 Å². The molecule has 0 N–H and O–H groups in total. The van der Waals surface area contributed by atoms with E-state index in [0.29, 0.717) is 25.3 Å². The minimum Gasteiger partial charge on any atom is -0.494 e. The van der Waals surface area contributed by atoms with Crippen LogP contribution in [0.3, 0.4) is 0 Å². The lowest BCUT2D eigenvalue weighted by molar-refractivity contribution is -0.123. The van der Waals surface area contributed by atoms with Crippen molar-refractivity contribution in [3.63, 3.8) is 0 Å². The maximum Gasteiger partial charge on any atom is 0.332 e. The number of aromatic nitrogens is 1. The van der Waals surface area contributed by atoms with Gasteiger partial charge in [0.1, 0.15) is 23.2 Å². The van der Waals surface area contributed by atoms with Crippen molar-refractivity contribution in [2.45, 2.75) is 25.8 Å². The van der Waals surface area contributed by atoms with E-state index in [1.165, 1.54) is 17.0 Å². The summed E-state index contributed by atoms with van der Waals surface area (Å²) < 4.78 is 19.9. The second kappa shape index (κ2) is 9.32. The third-order valence-electron chi connectivity index (χ3n) is 5.82. The monoisotopic (exact) mass is 458 g/mol. The number of nitriles is 1. The number of nitrogens with zero attached hydrogens (tertiary/aromatic N) is 4. The molecule has 4 rings (SSSR count). The molecular weight excluding hydrogens is 435 g/mol. The highest BCUT2D eigenvalue weighted by molar-refractivity contribution is 6.22. The van der Waals surface area contributed by atoms with Gasteiger partial charge in [-0.3, -0.25) is 9.78 Å². The molecule has 1 fully saturated rings. The molecule has 0 atom stereocenters. The van der Waals surface area contributed by atoms with Crippen LogP contribution in [-0.4, -0.2) is 40.5 Å². The maximum absolute atomic E-state index is 14.1. The number of hydrogen-bond donors (Lipinski definition) is 0. The van der Waals surface area contributed by atoms with Gasteiger partial charge in [0, 0.05) is 18.9 Å². The minimum absolute atomic E-state index is 0.104. The zero-order valence-corrected chi connectivity index (χ0v) is 18.9. The summed E-state index contributed by atoms with van der Waals surface area (Å²) in [7, 11) is 0. The summed E-state index contributed by atoms with van der Waals surface area (Å²) in [6.45, 7) is 3.97. The van der Waals surface area contributed by atoms with Crippen molar-refractivity contribution in [1.82, 2.24) is 9.88 Å². The van der Waals surface area contributed by atoms with Gasteiger partial charge >= 0.3 is 6.03 Å². The largest absolute Gasteiger partial charge is 0.494 e. The summed E-state index contributed by atoms with van der Waals surface area (Å²) >= 11 is 0. The zero-order valence-electron chi connectivity index (χ0n) is 18.9. The fourth-order valence-electron chi connectivity index (χ4n) is 3.87. The van der Waals surface area contributed by atoms with Gasteiger partial charge in [-0.05, 0) is 73.9 Å². The molecule has 34 heavy (non-hydrogen) atoms. The van der Waals surface area contributed by atoms with Crippen molar-refractivity contribution < 1.29 is 18.7 Å². The van der Waals surface area contributed by atoms with Crippen LogP contribution >= 0.6 is 0 Å². The first-order valence-electron chi connectivity index (χ1n) is 10.8. The number of benzene rings is 2. The van der Waals surface area contributed by atoms with Gasteiger partial charge in [-0.15, -0.1) is 0 Å². The maximum atomic E-state index is 14.1. The third-order valence-corrected chi connectivity index (χ3v) is 5.82. The summed E-state index contributed by atoms with van der Waals surface area (Å²) in [4.78, 5) is 32.4. The van der Waals surface area contributed by atoms with Crippen LogP contribution in [0.1, 0.15) is 25.8 Å². The summed E-state index contributed by atoms with van der Waals surface area (Å²) in [6, 6.07) is 16.4. The lowest BCUT2D eigenvalue weighted by Crippen LogP contribution is -2.44. The average molecular weight is 458 g/mol. The van der Waals surface area contributed by atoms with E-state index in [1.807, 2.05) is 36.4 Å². The Hall–Kier alpha value is -4.25. The first-order chi connectivity index (χ1) is 16.3. The molecule has 0 spiro atoms. The van der Waals surface area contributed by atoms with E-state index in [0.717, 1.165) is 22.1 Å². The molecule has 1 aromatic heterocycles. The van der Waals surface area contributed by atoms with Crippen LogP contribution in [0.4, 0.5) is 14.9 Å². The van der Waals surface area contributed by atoms with Gasteiger partial charge in [0.2, 0.25) is 0 Å². The van der Waals surface area contributed by atoms with Crippen molar-refractivity contribution >= 4 is 17.6 Å². The predicted octanol–water partition coefficient (Wildman–Crippen LogP) is 4.78. The lowest BCUT2D eigenvalue weighted by atomic mass is 10.0. The Morgan fingerprint density at radius 2 is 1.71 bits per heavy atom. The number of rotatable bonds is 7. The second-order valence-corrected chi connectivity index (χ2v) is 8.37. The van der Waals surface area contributed by atoms with Crippen LogP contribution in [-0.2, 0) is 4.79 Å². The molecule has 1 saturated heterocycles. The molecule has 172 valence electrons. The highest BCUT2D eigenvalue weighted by atomic mass is 19.1. The summed E-state index contributed by atoms with van der Waals surface area (Å²) in [6.07, 6.45) is 3.99. The van der Waals surface area contributed by atoms with Crippen molar-refractivity contribution in [3.05, 3.63) is 78.4 Å². The van der Waals surface area contributed by atoms with Crippen LogP contribution in [0.15, 0.2) is 67.0 Å². The number of carbonyl (C=O) groups is 2.